The van der Waals surface area contributed by atoms with Gasteiger partial charge in [0.25, 0.3) is 0 Å². The van der Waals surface area contributed by atoms with Gasteiger partial charge >= 0.3 is 0 Å². The summed E-state index contributed by atoms with van der Waals surface area (Å²) >= 11 is 0. The first-order valence-corrected chi connectivity index (χ1v) is 10.3. The van der Waals surface area contributed by atoms with E-state index < -0.39 is 0 Å². The minimum Gasteiger partial charge on any atom is -0.278 e. The molecule has 2 nitrogen and oxygen atoms in total. The Morgan fingerprint density at radius 1 is 0.929 bits per heavy atom. The van der Waals surface area contributed by atoms with Gasteiger partial charge in [0.15, 0.2) is 0 Å². The second-order valence-electron chi connectivity index (χ2n) is 8.29. The number of hydrazone groups is 1. The van der Waals surface area contributed by atoms with Crippen molar-refractivity contribution in [2.24, 2.45) is 11.0 Å². The molecule has 0 heterocycles. The van der Waals surface area contributed by atoms with Crippen LogP contribution in [0, 0.1) is 5.92 Å². The Balaban J connectivity index is 1.97. The Hall–Kier alpha value is -2.61. The van der Waals surface area contributed by atoms with Crippen molar-refractivity contribution in [3.8, 4) is 0 Å². The number of hydrogen-bond donors (Lipinski definition) is 1. The van der Waals surface area contributed by atoms with Crippen LogP contribution in [0.15, 0.2) is 77.4 Å². The summed E-state index contributed by atoms with van der Waals surface area (Å²) in [6, 6.07) is 17.1. The predicted octanol–water partition coefficient (Wildman–Crippen LogP) is 7.27. The molecule has 2 aromatic rings. The smallest absolute Gasteiger partial charge is 0.0688 e. The van der Waals surface area contributed by atoms with Gasteiger partial charge in [-0.3, -0.25) is 5.43 Å². The maximum absolute atomic E-state index is 4.94. The minimum atomic E-state index is 0.408. The fourth-order valence-electron chi connectivity index (χ4n) is 3.74. The number of benzene rings is 2. The van der Waals surface area contributed by atoms with Crippen LogP contribution in [-0.4, -0.2) is 5.71 Å². The van der Waals surface area contributed by atoms with E-state index in [0.717, 1.165) is 17.8 Å². The van der Waals surface area contributed by atoms with Gasteiger partial charge in [0.2, 0.25) is 0 Å². The van der Waals surface area contributed by atoms with Crippen molar-refractivity contribution in [2.45, 2.75) is 52.9 Å². The van der Waals surface area contributed by atoms with Crippen molar-refractivity contribution in [1.82, 2.24) is 0 Å². The summed E-state index contributed by atoms with van der Waals surface area (Å²) in [5.74, 6) is 1.30. The van der Waals surface area contributed by atoms with Crippen LogP contribution < -0.4 is 5.43 Å². The third-order valence-electron chi connectivity index (χ3n) is 5.29. The standard InChI is InChI=1S/C26H32N2/c1-18(2)23-12-9-13-24(19(3)4)26(23)28-27-25(22-10-7-6-8-11-22)17-21-15-14-20(5)16-21/h6-16,18-19,21,28H,17H2,1-5H3. The normalized spacial score (nSPS) is 16.8. The lowest BCUT2D eigenvalue weighted by Crippen LogP contribution is -2.11. The van der Waals surface area contributed by atoms with Crippen LogP contribution in [0.5, 0.6) is 0 Å². The second kappa shape index (κ2) is 9.05. The molecule has 1 unspecified atom stereocenters. The molecule has 0 aliphatic heterocycles. The van der Waals surface area contributed by atoms with Gasteiger partial charge in [0.1, 0.15) is 0 Å². The number of rotatable bonds is 7. The maximum Gasteiger partial charge on any atom is 0.0688 e. The Morgan fingerprint density at radius 3 is 2.11 bits per heavy atom. The first kappa shape index (κ1) is 20.1. The quantitative estimate of drug-likeness (QED) is 0.401. The SMILES string of the molecule is CC1=CC(CC(=NNc2c(C(C)C)cccc2C(C)C)c2ccccc2)C=C1. The minimum absolute atomic E-state index is 0.408. The van der Waals surface area contributed by atoms with E-state index in [2.05, 4.69) is 107 Å². The molecule has 1 aliphatic carbocycles. The van der Waals surface area contributed by atoms with Crippen LogP contribution in [0.1, 0.15) is 69.6 Å². The third kappa shape index (κ3) is 4.81. The summed E-state index contributed by atoms with van der Waals surface area (Å²) in [6.45, 7) is 11.1. The van der Waals surface area contributed by atoms with Gasteiger partial charge in [0, 0.05) is 12.3 Å². The molecule has 2 heteroatoms. The summed E-state index contributed by atoms with van der Waals surface area (Å²) < 4.78 is 0. The summed E-state index contributed by atoms with van der Waals surface area (Å²) in [7, 11) is 0. The van der Waals surface area contributed by atoms with E-state index in [-0.39, 0.29) is 0 Å². The monoisotopic (exact) mass is 372 g/mol. The molecule has 0 saturated heterocycles. The largest absolute Gasteiger partial charge is 0.278 e. The Bertz CT molecular complexity index is 860. The van der Waals surface area contributed by atoms with Crippen LogP contribution in [0.25, 0.3) is 0 Å². The zero-order chi connectivity index (χ0) is 20.1. The molecule has 0 amide bonds. The Labute approximate surface area is 170 Å². The molecule has 146 valence electrons. The third-order valence-corrected chi connectivity index (χ3v) is 5.29. The topological polar surface area (TPSA) is 24.4 Å². The zero-order valence-corrected chi connectivity index (χ0v) is 17.7. The second-order valence-corrected chi connectivity index (χ2v) is 8.29. The van der Waals surface area contributed by atoms with Crippen molar-refractivity contribution in [3.05, 3.63) is 89.0 Å². The van der Waals surface area contributed by atoms with E-state index in [1.165, 1.54) is 22.3 Å². The predicted molar refractivity (Wildman–Crippen MR) is 122 cm³/mol. The number of nitrogens with one attached hydrogen (secondary N) is 1. The summed E-state index contributed by atoms with van der Waals surface area (Å²) in [4.78, 5) is 0. The first-order valence-electron chi connectivity index (χ1n) is 10.3. The van der Waals surface area contributed by atoms with Crippen LogP contribution in [0.3, 0.4) is 0 Å². The zero-order valence-electron chi connectivity index (χ0n) is 17.7. The molecular formula is C26H32N2. The van der Waals surface area contributed by atoms with Crippen LogP contribution in [0.2, 0.25) is 0 Å². The van der Waals surface area contributed by atoms with Crippen molar-refractivity contribution in [3.63, 3.8) is 0 Å². The van der Waals surface area contributed by atoms with Crippen molar-refractivity contribution in [1.29, 1.82) is 0 Å². The van der Waals surface area contributed by atoms with Gasteiger partial charge in [-0.15, -0.1) is 0 Å². The van der Waals surface area contributed by atoms with Crippen molar-refractivity contribution < 1.29 is 0 Å². The summed E-state index contributed by atoms with van der Waals surface area (Å²) in [5, 5.41) is 4.94. The van der Waals surface area contributed by atoms with Crippen LogP contribution in [0.4, 0.5) is 5.69 Å². The molecule has 2 aromatic carbocycles. The highest BCUT2D eigenvalue weighted by atomic mass is 15.3. The van der Waals surface area contributed by atoms with E-state index in [9.17, 15) is 0 Å². The lowest BCUT2D eigenvalue weighted by atomic mass is 9.93. The van der Waals surface area contributed by atoms with Gasteiger partial charge in [-0.25, -0.2) is 0 Å². The number of hydrogen-bond acceptors (Lipinski definition) is 2. The van der Waals surface area contributed by atoms with Crippen LogP contribution >= 0.6 is 0 Å². The highest BCUT2D eigenvalue weighted by Crippen LogP contribution is 2.32. The van der Waals surface area contributed by atoms with Gasteiger partial charge in [-0.2, -0.15) is 5.10 Å². The number of anilines is 1. The highest BCUT2D eigenvalue weighted by molar-refractivity contribution is 6.01. The molecule has 0 aromatic heterocycles. The van der Waals surface area contributed by atoms with E-state index in [1.54, 1.807) is 0 Å². The molecule has 1 atom stereocenters. The molecule has 1 N–H and O–H groups in total. The van der Waals surface area contributed by atoms with E-state index in [0.29, 0.717) is 17.8 Å². The molecule has 0 fully saturated rings. The van der Waals surface area contributed by atoms with Crippen molar-refractivity contribution >= 4 is 11.4 Å². The number of allylic oxidation sites excluding steroid dienone is 4. The summed E-state index contributed by atoms with van der Waals surface area (Å²) in [6.07, 6.45) is 7.69. The molecule has 28 heavy (non-hydrogen) atoms. The van der Waals surface area contributed by atoms with Gasteiger partial charge in [-0.05, 0) is 35.4 Å². The number of para-hydroxylation sites is 1. The fraction of sp³-hybridized carbons (Fsp3) is 0.346. The molecular weight excluding hydrogens is 340 g/mol. The van der Waals surface area contributed by atoms with E-state index >= 15 is 0 Å². The van der Waals surface area contributed by atoms with E-state index in [4.69, 9.17) is 5.10 Å². The van der Waals surface area contributed by atoms with Gasteiger partial charge in [0.05, 0.1) is 11.4 Å². The Kier molecular flexibility index (Phi) is 6.51. The molecule has 0 bridgehead atoms. The molecule has 0 spiro atoms. The molecule has 0 saturated carbocycles. The lowest BCUT2D eigenvalue weighted by Gasteiger charge is -2.20. The Morgan fingerprint density at radius 2 is 1.57 bits per heavy atom. The average molecular weight is 373 g/mol. The fourth-order valence-corrected chi connectivity index (χ4v) is 3.74. The molecule has 3 rings (SSSR count). The first-order chi connectivity index (χ1) is 13.5. The summed E-state index contributed by atoms with van der Waals surface area (Å²) in [5.41, 5.74) is 10.9. The van der Waals surface area contributed by atoms with Crippen LogP contribution in [-0.2, 0) is 0 Å². The lowest BCUT2D eigenvalue weighted by molar-refractivity contribution is 0.833. The van der Waals surface area contributed by atoms with Gasteiger partial charge in [-0.1, -0.05) is 100 Å². The highest BCUT2D eigenvalue weighted by Gasteiger charge is 2.16. The van der Waals surface area contributed by atoms with Gasteiger partial charge < -0.3 is 0 Å². The maximum atomic E-state index is 4.94. The molecule has 1 aliphatic rings. The van der Waals surface area contributed by atoms with E-state index in [1.807, 2.05) is 0 Å². The number of nitrogens with zero attached hydrogens (tertiary/aromatic N) is 1. The average Bonchev–Trinajstić information content (AvgIpc) is 3.10. The van der Waals surface area contributed by atoms with Crippen molar-refractivity contribution in [2.75, 3.05) is 5.43 Å². The molecule has 0 radical (unpaired) electrons.